The van der Waals surface area contributed by atoms with Gasteiger partial charge in [-0.25, -0.2) is 0 Å². The number of likely N-dealkylation sites (N-methyl/N-ethyl adjacent to an activating group) is 1. The van der Waals surface area contributed by atoms with Crippen LogP contribution in [0.4, 0.5) is 5.69 Å². The number of nitrogens with two attached hydrogens (primary N) is 1. The first kappa shape index (κ1) is 12.8. The predicted octanol–water partition coefficient (Wildman–Crippen LogP) is 1.35. The Kier molecular flexibility index (Phi) is 3.37. The molecule has 4 heteroatoms. The topological polar surface area (TPSA) is 41.6 Å². The number of rotatable bonds is 1. The first-order chi connectivity index (χ1) is 9.15. The monoisotopic (exact) mass is 273 g/mol. The van der Waals surface area contributed by atoms with Crippen molar-refractivity contribution >= 4 is 23.5 Å². The predicted molar refractivity (Wildman–Crippen MR) is 82.3 cm³/mol. The van der Waals surface area contributed by atoms with Crippen molar-refractivity contribution < 1.29 is 0 Å². The number of nitrogen functional groups attached to an aromatic ring is 1. The summed E-state index contributed by atoms with van der Waals surface area (Å²) in [6, 6.07) is 6.56. The summed E-state index contributed by atoms with van der Waals surface area (Å²) in [5, 5.41) is 2.56. The minimum Gasteiger partial charge on any atom is -0.399 e. The molecule has 3 nitrogen and oxygen atoms in total. The minimum atomic E-state index is 0.381. The number of allylic oxidation sites excluding steroid dienone is 1. The van der Waals surface area contributed by atoms with E-state index >= 15 is 0 Å². The van der Waals surface area contributed by atoms with E-state index in [1.807, 2.05) is 30.0 Å². The van der Waals surface area contributed by atoms with Gasteiger partial charge in [-0.2, -0.15) is 0 Å². The number of benzene rings is 1. The summed E-state index contributed by atoms with van der Waals surface area (Å²) in [5.74, 6) is 1.17. The minimum absolute atomic E-state index is 0.381. The second-order valence-corrected chi connectivity index (χ2v) is 6.31. The van der Waals surface area contributed by atoms with E-state index in [-0.39, 0.29) is 0 Å². The average Bonchev–Trinajstić information content (AvgIpc) is 2.62. The number of nitrogens with zero attached hydrogens (tertiary/aromatic N) is 2. The van der Waals surface area contributed by atoms with Crippen molar-refractivity contribution in [2.75, 3.05) is 18.5 Å². The summed E-state index contributed by atoms with van der Waals surface area (Å²) in [6.45, 7) is 2.27. The lowest BCUT2D eigenvalue weighted by Gasteiger charge is -2.22. The molecule has 2 aliphatic heterocycles. The van der Waals surface area contributed by atoms with E-state index in [2.05, 4.69) is 31.0 Å². The van der Waals surface area contributed by atoms with Crippen LogP contribution < -0.4 is 16.3 Å². The van der Waals surface area contributed by atoms with Crippen LogP contribution in [0.5, 0.6) is 0 Å². The quantitative estimate of drug-likeness (QED) is 0.785. The van der Waals surface area contributed by atoms with Crippen LogP contribution >= 0.6 is 11.8 Å². The Balaban J connectivity index is 2.01. The van der Waals surface area contributed by atoms with Gasteiger partial charge in [0.15, 0.2) is 0 Å². The van der Waals surface area contributed by atoms with Gasteiger partial charge in [0, 0.05) is 17.5 Å². The third kappa shape index (κ3) is 2.42. The zero-order valence-electron chi connectivity index (χ0n) is 11.3. The van der Waals surface area contributed by atoms with Gasteiger partial charge < -0.3 is 5.73 Å². The molecule has 0 spiro atoms. The lowest BCUT2D eigenvalue weighted by atomic mass is 10.2. The fourth-order valence-electron chi connectivity index (χ4n) is 2.48. The second kappa shape index (κ2) is 5.02. The number of anilines is 1. The molecular weight excluding hydrogens is 254 g/mol. The third-order valence-corrected chi connectivity index (χ3v) is 5.34. The molecular formula is C15H19N3S. The van der Waals surface area contributed by atoms with Crippen molar-refractivity contribution in [3.05, 3.63) is 40.5 Å². The number of thioether (sulfide) groups is 1. The van der Waals surface area contributed by atoms with Gasteiger partial charge in [-0.3, -0.25) is 9.89 Å². The van der Waals surface area contributed by atoms with E-state index in [0.717, 1.165) is 22.7 Å². The highest BCUT2D eigenvalue weighted by molar-refractivity contribution is 8.00. The van der Waals surface area contributed by atoms with Crippen molar-refractivity contribution in [2.24, 2.45) is 4.99 Å². The SMILES string of the molecule is CC1CSC(C2=CCC=c3cc(N)ccc3=N2)N1C. The average molecular weight is 273 g/mol. The molecule has 0 bridgehead atoms. The molecule has 1 aromatic carbocycles. The molecule has 1 fully saturated rings. The molecule has 1 saturated heterocycles. The Morgan fingerprint density at radius 2 is 2.21 bits per heavy atom. The van der Waals surface area contributed by atoms with Crippen molar-refractivity contribution in [3.63, 3.8) is 0 Å². The van der Waals surface area contributed by atoms with Crippen molar-refractivity contribution in [1.29, 1.82) is 0 Å². The van der Waals surface area contributed by atoms with Crippen molar-refractivity contribution in [2.45, 2.75) is 24.8 Å². The lowest BCUT2D eigenvalue weighted by Crippen LogP contribution is -2.32. The molecule has 2 unspecified atom stereocenters. The van der Waals surface area contributed by atoms with Gasteiger partial charge in [-0.15, -0.1) is 11.8 Å². The van der Waals surface area contributed by atoms with Gasteiger partial charge in [0.25, 0.3) is 0 Å². The van der Waals surface area contributed by atoms with E-state index in [4.69, 9.17) is 10.7 Å². The maximum atomic E-state index is 5.84. The molecule has 100 valence electrons. The molecule has 2 aliphatic rings. The molecule has 2 atom stereocenters. The van der Waals surface area contributed by atoms with Gasteiger partial charge in [0.2, 0.25) is 0 Å². The van der Waals surface area contributed by atoms with Crippen LogP contribution in [0.1, 0.15) is 13.3 Å². The van der Waals surface area contributed by atoms with Gasteiger partial charge in [-0.05, 0) is 43.8 Å². The molecule has 0 radical (unpaired) electrons. The zero-order chi connectivity index (χ0) is 13.4. The fraction of sp³-hybridized carbons (Fsp3) is 0.400. The number of hydrogen-bond donors (Lipinski definition) is 1. The highest BCUT2D eigenvalue weighted by atomic mass is 32.2. The largest absolute Gasteiger partial charge is 0.399 e. The van der Waals surface area contributed by atoms with Crippen LogP contribution in [0.2, 0.25) is 0 Å². The first-order valence-electron chi connectivity index (χ1n) is 6.63. The molecule has 0 aliphatic carbocycles. The summed E-state index contributed by atoms with van der Waals surface area (Å²) >= 11 is 1.98. The smallest absolute Gasteiger partial charge is 0.0984 e. The van der Waals surface area contributed by atoms with E-state index in [0.29, 0.717) is 11.4 Å². The summed E-state index contributed by atoms with van der Waals surface area (Å²) < 4.78 is 0. The summed E-state index contributed by atoms with van der Waals surface area (Å²) in [5.41, 5.74) is 7.82. The molecule has 0 aromatic heterocycles. The van der Waals surface area contributed by atoms with Gasteiger partial charge in [0.1, 0.15) is 0 Å². The Labute approximate surface area is 117 Å². The molecule has 19 heavy (non-hydrogen) atoms. The Morgan fingerprint density at radius 1 is 1.37 bits per heavy atom. The third-order valence-electron chi connectivity index (χ3n) is 3.78. The highest BCUT2D eigenvalue weighted by Crippen LogP contribution is 2.32. The van der Waals surface area contributed by atoms with Crippen molar-refractivity contribution in [3.8, 4) is 0 Å². The Morgan fingerprint density at radius 3 is 2.95 bits per heavy atom. The van der Waals surface area contributed by atoms with Crippen LogP contribution in [-0.4, -0.2) is 29.1 Å². The maximum absolute atomic E-state index is 5.84. The van der Waals surface area contributed by atoms with E-state index < -0.39 is 0 Å². The zero-order valence-corrected chi connectivity index (χ0v) is 12.2. The molecule has 2 heterocycles. The van der Waals surface area contributed by atoms with Gasteiger partial charge in [0.05, 0.1) is 16.4 Å². The van der Waals surface area contributed by atoms with Crippen molar-refractivity contribution in [1.82, 2.24) is 4.90 Å². The van der Waals surface area contributed by atoms with Gasteiger partial charge in [-0.1, -0.05) is 12.2 Å². The summed E-state index contributed by atoms with van der Waals surface area (Å²) in [4.78, 5) is 7.26. The maximum Gasteiger partial charge on any atom is 0.0984 e. The van der Waals surface area contributed by atoms with Crippen LogP contribution in [-0.2, 0) is 0 Å². The van der Waals surface area contributed by atoms with E-state index in [9.17, 15) is 0 Å². The number of hydrogen-bond acceptors (Lipinski definition) is 4. The van der Waals surface area contributed by atoms with Crippen LogP contribution in [0.25, 0.3) is 6.08 Å². The number of fused-ring (bicyclic) bond motifs is 1. The molecule has 1 aromatic rings. The van der Waals surface area contributed by atoms with E-state index in [1.165, 1.54) is 11.4 Å². The lowest BCUT2D eigenvalue weighted by molar-refractivity contribution is 0.298. The standard InChI is InChI=1S/C15H19N3S/c1-10-9-19-15(18(10)2)14-5-3-4-11-8-12(16)6-7-13(11)17-14/h4-8,10,15H,3,9,16H2,1-2H3. The van der Waals surface area contributed by atoms with Crippen LogP contribution in [0.3, 0.4) is 0 Å². The van der Waals surface area contributed by atoms with Crippen LogP contribution in [0, 0.1) is 0 Å². The fourth-order valence-corrected chi connectivity index (χ4v) is 3.93. The molecule has 3 rings (SSSR count). The normalized spacial score (nSPS) is 26.9. The second-order valence-electron chi connectivity index (χ2n) is 5.20. The summed E-state index contributed by atoms with van der Waals surface area (Å²) in [6.07, 6.45) is 5.36. The van der Waals surface area contributed by atoms with E-state index in [1.54, 1.807) is 0 Å². The summed E-state index contributed by atoms with van der Waals surface area (Å²) in [7, 11) is 2.18. The first-order valence-corrected chi connectivity index (χ1v) is 7.68. The van der Waals surface area contributed by atoms with Crippen LogP contribution in [0.15, 0.2) is 35.0 Å². The Hall–Kier alpha value is -1.26. The van der Waals surface area contributed by atoms with Gasteiger partial charge >= 0.3 is 0 Å². The Bertz CT molecular complexity index is 635. The molecule has 2 N–H and O–H groups in total. The molecule has 0 saturated carbocycles. The molecule has 0 amide bonds. The highest BCUT2D eigenvalue weighted by Gasteiger charge is 2.30.